The van der Waals surface area contributed by atoms with Crippen LogP contribution in [0.25, 0.3) is 0 Å². The summed E-state index contributed by atoms with van der Waals surface area (Å²) in [5.41, 5.74) is 0.816. The number of esters is 1. The van der Waals surface area contributed by atoms with E-state index in [2.05, 4.69) is 5.32 Å². The van der Waals surface area contributed by atoms with Crippen LogP contribution in [0, 0.1) is 0 Å². The highest BCUT2D eigenvalue weighted by molar-refractivity contribution is 7.91. The van der Waals surface area contributed by atoms with Crippen LogP contribution in [0.5, 0.6) is 0 Å². The second-order valence-corrected chi connectivity index (χ2v) is 7.49. The normalized spacial score (nSPS) is 12.4. The number of rotatable bonds is 7. The summed E-state index contributed by atoms with van der Waals surface area (Å²) >= 11 is 0. The molecule has 0 bridgehead atoms. The molecule has 0 radical (unpaired) electrons. The highest BCUT2D eigenvalue weighted by Crippen LogP contribution is 2.18. The van der Waals surface area contributed by atoms with Gasteiger partial charge in [-0.2, -0.15) is 8.78 Å². The summed E-state index contributed by atoms with van der Waals surface area (Å²) in [6, 6.07) is 12.0. The number of hydrogen-bond donors (Lipinski definition) is 1. The van der Waals surface area contributed by atoms with E-state index in [0.29, 0.717) is 0 Å². The van der Waals surface area contributed by atoms with E-state index in [0.717, 1.165) is 29.8 Å². The van der Waals surface area contributed by atoms with E-state index in [1.165, 1.54) is 7.11 Å². The van der Waals surface area contributed by atoms with Gasteiger partial charge in [-0.15, -0.1) is 0 Å². The van der Waals surface area contributed by atoms with Crippen LogP contribution in [0.15, 0.2) is 59.5 Å². The lowest BCUT2D eigenvalue weighted by Gasteiger charge is -2.17. The minimum absolute atomic E-state index is 0.0187. The Hall–Kier alpha value is -2.81. The molecule has 0 saturated carbocycles. The van der Waals surface area contributed by atoms with Crippen LogP contribution in [-0.4, -0.2) is 39.2 Å². The molecule has 0 unspecified atom stereocenters. The Kier molecular flexibility index (Phi) is 6.62. The molecule has 2 aromatic carbocycles. The van der Waals surface area contributed by atoms with E-state index in [1.807, 2.05) is 6.07 Å². The molecule has 27 heavy (non-hydrogen) atoms. The number of halogens is 2. The predicted octanol–water partition coefficient (Wildman–Crippen LogP) is 2.20. The van der Waals surface area contributed by atoms with Gasteiger partial charge < -0.3 is 10.1 Å². The molecule has 1 atom stereocenters. The zero-order valence-corrected chi connectivity index (χ0v) is 15.1. The Morgan fingerprint density at radius 1 is 1.04 bits per heavy atom. The Morgan fingerprint density at radius 2 is 1.63 bits per heavy atom. The first-order valence-corrected chi connectivity index (χ1v) is 9.35. The number of nitrogens with one attached hydrogen (secondary N) is 1. The lowest BCUT2D eigenvalue weighted by atomic mass is 10.1. The molecule has 0 aliphatic heterocycles. The molecule has 0 aliphatic carbocycles. The number of carbonyl (C=O) groups is 2. The molecular weight excluding hydrogens is 380 g/mol. The summed E-state index contributed by atoms with van der Waals surface area (Å²) in [5, 5.41) is 2.50. The van der Waals surface area contributed by atoms with Crippen LogP contribution in [0.4, 0.5) is 8.78 Å². The maximum absolute atomic E-state index is 12.5. The van der Waals surface area contributed by atoms with Crippen molar-refractivity contribution in [3.63, 3.8) is 0 Å². The van der Waals surface area contributed by atoms with E-state index in [1.54, 1.807) is 24.3 Å². The number of benzene rings is 2. The van der Waals surface area contributed by atoms with Crippen molar-refractivity contribution >= 4 is 21.7 Å². The smallest absolute Gasteiger partial charge is 0.341 e. The van der Waals surface area contributed by atoms with Crippen molar-refractivity contribution in [1.82, 2.24) is 5.32 Å². The first-order valence-electron chi connectivity index (χ1n) is 7.80. The zero-order chi connectivity index (χ0) is 20.0. The van der Waals surface area contributed by atoms with E-state index in [9.17, 15) is 26.8 Å². The standard InChI is InChI=1S/C18H17F2NO5S/c1-26-17(23)15(11-12-5-3-2-4-6-12)21-16(22)13-7-9-14(10-8-13)27(24,25)18(19)20/h2-10,15,18H,11H2,1H3,(H,21,22)/t15-/m0/s1. The number of ether oxygens (including phenoxy) is 1. The molecule has 2 aromatic rings. The third-order valence-corrected chi connectivity index (χ3v) is 5.15. The minimum atomic E-state index is -4.74. The fraction of sp³-hybridized carbons (Fsp3) is 0.222. The van der Waals surface area contributed by atoms with Gasteiger partial charge in [-0.25, -0.2) is 13.2 Å². The summed E-state index contributed by atoms with van der Waals surface area (Å²) < 4.78 is 52.6. The first-order chi connectivity index (χ1) is 12.8. The molecular formula is C18H17F2NO5S. The Labute approximate surface area is 155 Å². The van der Waals surface area contributed by atoms with Crippen molar-refractivity contribution in [1.29, 1.82) is 0 Å². The lowest BCUT2D eigenvalue weighted by Crippen LogP contribution is -2.43. The van der Waals surface area contributed by atoms with Crippen LogP contribution in [0.3, 0.4) is 0 Å². The van der Waals surface area contributed by atoms with Gasteiger partial charge in [0.05, 0.1) is 12.0 Å². The molecule has 2 rings (SSSR count). The molecule has 144 valence electrons. The lowest BCUT2D eigenvalue weighted by molar-refractivity contribution is -0.142. The largest absolute Gasteiger partial charge is 0.467 e. The molecule has 9 heteroatoms. The Balaban J connectivity index is 2.16. The third kappa shape index (κ3) is 5.10. The van der Waals surface area contributed by atoms with Gasteiger partial charge in [0.1, 0.15) is 6.04 Å². The summed E-state index contributed by atoms with van der Waals surface area (Å²) in [6.07, 6.45) is 0.192. The highest BCUT2D eigenvalue weighted by Gasteiger charge is 2.27. The second kappa shape index (κ2) is 8.72. The Bertz CT molecular complexity index is 899. The predicted molar refractivity (Wildman–Crippen MR) is 93.0 cm³/mol. The van der Waals surface area contributed by atoms with E-state index < -0.39 is 38.4 Å². The second-order valence-electron chi connectivity index (χ2n) is 5.57. The average Bonchev–Trinajstić information content (AvgIpc) is 2.67. The van der Waals surface area contributed by atoms with Gasteiger partial charge in [-0.1, -0.05) is 30.3 Å². The number of hydrogen-bond acceptors (Lipinski definition) is 5. The van der Waals surface area contributed by atoms with Gasteiger partial charge in [0.15, 0.2) is 0 Å². The van der Waals surface area contributed by atoms with Gasteiger partial charge in [0.25, 0.3) is 5.91 Å². The van der Waals surface area contributed by atoms with Crippen molar-refractivity contribution < 1.29 is 31.5 Å². The van der Waals surface area contributed by atoms with Crippen LogP contribution >= 0.6 is 0 Å². The van der Waals surface area contributed by atoms with Crippen molar-refractivity contribution in [2.24, 2.45) is 0 Å². The van der Waals surface area contributed by atoms with Crippen molar-refractivity contribution in [2.45, 2.75) is 23.1 Å². The van der Waals surface area contributed by atoms with Crippen molar-refractivity contribution in [2.75, 3.05) is 7.11 Å². The number of carbonyl (C=O) groups excluding carboxylic acids is 2. The molecule has 0 heterocycles. The van der Waals surface area contributed by atoms with Gasteiger partial charge in [0.2, 0.25) is 9.84 Å². The third-order valence-electron chi connectivity index (χ3n) is 3.75. The molecule has 0 aromatic heterocycles. The number of alkyl halides is 2. The fourth-order valence-electron chi connectivity index (χ4n) is 2.33. The number of amides is 1. The van der Waals surface area contributed by atoms with Crippen LogP contribution in [0.2, 0.25) is 0 Å². The number of sulfone groups is 1. The molecule has 1 amide bonds. The fourth-order valence-corrected chi connectivity index (χ4v) is 3.05. The molecule has 0 fully saturated rings. The monoisotopic (exact) mass is 397 g/mol. The molecule has 0 spiro atoms. The SMILES string of the molecule is COC(=O)[C@H](Cc1ccccc1)NC(=O)c1ccc(S(=O)(=O)C(F)F)cc1. The molecule has 1 N–H and O–H groups in total. The number of methoxy groups -OCH3 is 1. The molecule has 0 aliphatic rings. The average molecular weight is 397 g/mol. The van der Waals surface area contributed by atoms with E-state index >= 15 is 0 Å². The van der Waals surface area contributed by atoms with Crippen LogP contribution in [-0.2, 0) is 25.8 Å². The van der Waals surface area contributed by atoms with E-state index in [-0.39, 0.29) is 12.0 Å². The van der Waals surface area contributed by atoms with Crippen LogP contribution in [0.1, 0.15) is 15.9 Å². The molecule has 6 nitrogen and oxygen atoms in total. The van der Waals surface area contributed by atoms with Crippen molar-refractivity contribution in [3.8, 4) is 0 Å². The zero-order valence-electron chi connectivity index (χ0n) is 14.3. The highest BCUT2D eigenvalue weighted by atomic mass is 32.2. The van der Waals surface area contributed by atoms with Gasteiger partial charge in [-0.3, -0.25) is 4.79 Å². The first kappa shape index (κ1) is 20.5. The summed E-state index contributed by atoms with van der Waals surface area (Å²) in [4.78, 5) is 23.7. The molecule has 0 saturated heterocycles. The summed E-state index contributed by atoms with van der Waals surface area (Å²) in [7, 11) is -3.55. The topological polar surface area (TPSA) is 89.5 Å². The van der Waals surface area contributed by atoms with E-state index in [4.69, 9.17) is 4.74 Å². The van der Waals surface area contributed by atoms with Crippen molar-refractivity contribution in [3.05, 3.63) is 65.7 Å². The Morgan fingerprint density at radius 3 is 2.15 bits per heavy atom. The van der Waals surface area contributed by atoms with Gasteiger partial charge >= 0.3 is 11.7 Å². The maximum Gasteiger partial charge on any atom is 0.341 e. The summed E-state index contributed by atoms with van der Waals surface area (Å²) in [5.74, 6) is -4.86. The van der Waals surface area contributed by atoms with Crippen LogP contribution < -0.4 is 5.32 Å². The van der Waals surface area contributed by atoms with Gasteiger partial charge in [-0.05, 0) is 29.8 Å². The van der Waals surface area contributed by atoms with Gasteiger partial charge in [0, 0.05) is 12.0 Å². The maximum atomic E-state index is 12.5. The summed E-state index contributed by atoms with van der Waals surface area (Å²) in [6.45, 7) is 0. The quantitative estimate of drug-likeness (QED) is 0.724. The minimum Gasteiger partial charge on any atom is -0.467 e.